The molecule has 0 radical (unpaired) electrons. The monoisotopic (exact) mass is 356 g/mol. The molecule has 1 N–H and O–H groups in total. The van der Waals surface area contributed by atoms with Gasteiger partial charge in [0.25, 0.3) is 0 Å². The highest BCUT2D eigenvalue weighted by Gasteiger charge is 2.32. The van der Waals surface area contributed by atoms with Crippen molar-refractivity contribution in [1.82, 2.24) is 15.3 Å². The Hall–Kier alpha value is -1.86. The molecule has 8 heteroatoms. The molecule has 0 aromatic carbocycles. The van der Waals surface area contributed by atoms with Gasteiger partial charge >= 0.3 is 6.18 Å². The second-order valence-electron chi connectivity index (χ2n) is 6.84. The molecule has 1 unspecified atom stereocenters. The zero-order valence-electron chi connectivity index (χ0n) is 14.3. The number of alkyl halides is 3. The van der Waals surface area contributed by atoms with Crippen LogP contribution in [0.5, 0.6) is 0 Å². The highest BCUT2D eigenvalue weighted by atomic mass is 19.4. The second kappa shape index (κ2) is 7.17. The SMILES string of the molecule is Cc1nc2c(c(N3CCCC(C(=O)NCC(F)(F)F)C3)n1)CCCC2. The van der Waals surface area contributed by atoms with Crippen molar-refractivity contribution in [1.29, 1.82) is 0 Å². The first-order valence-corrected chi connectivity index (χ1v) is 8.79. The average molecular weight is 356 g/mol. The lowest BCUT2D eigenvalue weighted by molar-refractivity contribution is -0.140. The van der Waals surface area contributed by atoms with Crippen LogP contribution in [0.15, 0.2) is 0 Å². The van der Waals surface area contributed by atoms with Gasteiger partial charge in [-0.05, 0) is 45.4 Å². The van der Waals surface area contributed by atoms with Crippen molar-refractivity contribution in [3.63, 3.8) is 0 Å². The summed E-state index contributed by atoms with van der Waals surface area (Å²) in [5.74, 6) is 0.613. The van der Waals surface area contributed by atoms with Gasteiger partial charge in [-0.2, -0.15) is 13.2 Å². The molecule has 3 rings (SSSR count). The summed E-state index contributed by atoms with van der Waals surface area (Å²) in [5.41, 5.74) is 2.23. The van der Waals surface area contributed by atoms with E-state index >= 15 is 0 Å². The van der Waals surface area contributed by atoms with Crippen LogP contribution in [0.3, 0.4) is 0 Å². The molecule has 1 aliphatic carbocycles. The summed E-state index contributed by atoms with van der Waals surface area (Å²) in [4.78, 5) is 23.3. The average Bonchev–Trinajstić information content (AvgIpc) is 2.58. The Morgan fingerprint density at radius 3 is 2.76 bits per heavy atom. The Bertz CT molecular complexity index is 648. The molecule has 0 bridgehead atoms. The van der Waals surface area contributed by atoms with Gasteiger partial charge in [0.15, 0.2) is 0 Å². The quantitative estimate of drug-likeness (QED) is 0.904. The van der Waals surface area contributed by atoms with Gasteiger partial charge in [-0.15, -0.1) is 0 Å². The number of fused-ring (bicyclic) bond motifs is 1. The molecule has 1 aromatic heterocycles. The van der Waals surface area contributed by atoms with Crippen molar-refractivity contribution in [2.45, 2.75) is 51.6 Å². The van der Waals surface area contributed by atoms with Crippen molar-refractivity contribution in [2.24, 2.45) is 5.92 Å². The Kier molecular flexibility index (Phi) is 5.15. The lowest BCUT2D eigenvalue weighted by atomic mass is 9.93. The van der Waals surface area contributed by atoms with E-state index in [4.69, 9.17) is 0 Å². The Labute approximate surface area is 145 Å². The fourth-order valence-electron chi connectivity index (χ4n) is 3.67. The maximum atomic E-state index is 12.3. The van der Waals surface area contributed by atoms with Gasteiger partial charge in [0.2, 0.25) is 5.91 Å². The minimum atomic E-state index is -4.38. The van der Waals surface area contributed by atoms with Gasteiger partial charge in [-0.3, -0.25) is 4.79 Å². The molecule has 1 atom stereocenters. The number of amides is 1. The summed E-state index contributed by atoms with van der Waals surface area (Å²) < 4.78 is 36.9. The number of halogens is 3. The highest BCUT2D eigenvalue weighted by Crippen LogP contribution is 2.31. The van der Waals surface area contributed by atoms with E-state index in [1.165, 1.54) is 0 Å². The molecular formula is C17H23F3N4O. The maximum Gasteiger partial charge on any atom is 0.405 e. The highest BCUT2D eigenvalue weighted by molar-refractivity contribution is 5.79. The molecule has 1 aromatic rings. The topological polar surface area (TPSA) is 58.1 Å². The number of nitrogens with one attached hydrogen (secondary N) is 1. The summed E-state index contributed by atoms with van der Waals surface area (Å²) in [6.45, 7) is 1.76. The third-order valence-corrected chi connectivity index (χ3v) is 4.83. The van der Waals surface area contributed by atoms with Crippen LogP contribution in [0.2, 0.25) is 0 Å². The van der Waals surface area contributed by atoms with Gasteiger partial charge in [-0.1, -0.05) is 0 Å². The van der Waals surface area contributed by atoms with Crippen molar-refractivity contribution in [3.8, 4) is 0 Å². The Balaban J connectivity index is 1.73. The second-order valence-corrected chi connectivity index (χ2v) is 6.84. The normalized spacial score (nSPS) is 21.0. The molecule has 0 saturated carbocycles. The third kappa shape index (κ3) is 4.41. The Morgan fingerprint density at radius 2 is 2.00 bits per heavy atom. The van der Waals surface area contributed by atoms with Crippen LogP contribution in [0, 0.1) is 12.8 Å². The van der Waals surface area contributed by atoms with Gasteiger partial charge < -0.3 is 10.2 Å². The number of aromatic nitrogens is 2. The van der Waals surface area contributed by atoms with E-state index in [9.17, 15) is 18.0 Å². The van der Waals surface area contributed by atoms with Crippen LogP contribution < -0.4 is 10.2 Å². The van der Waals surface area contributed by atoms with Crippen LogP contribution >= 0.6 is 0 Å². The smallest absolute Gasteiger partial charge is 0.355 e. The van der Waals surface area contributed by atoms with Crippen molar-refractivity contribution in [2.75, 3.05) is 24.5 Å². The number of hydrogen-bond donors (Lipinski definition) is 1. The molecule has 1 aliphatic heterocycles. The first kappa shape index (κ1) is 17.9. The third-order valence-electron chi connectivity index (χ3n) is 4.83. The molecule has 1 fully saturated rings. The summed E-state index contributed by atoms with van der Waals surface area (Å²) in [6, 6.07) is 0. The number of carbonyl (C=O) groups is 1. The first-order valence-electron chi connectivity index (χ1n) is 8.79. The fourth-order valence-corrected chi connectivity index (χ4v) is 3.67. The lowest BCUT2D eigenvalue weighted by Gasteiger charge is -2.35. The van der Waals surface area contributed by atoms with Crippen molar-refractivity contribution >= 4 is 11.7 Å². The molecule has 0 spiro atoms. The van der Waals surface area contributed by atoms with Crippen LogP contribution in [-0.4, -0.2) is 41.7 Å². The number of aryl methyl sites for hydroxylation is 2. The lowest BCUT2D eigenvalue weighted by Crippen LogP contribution is -2.45. The molecular weight excluding hydrogens is 333 g/mol. The van der Waals surface area contributed by atoms with Gasteiger partial charge in [0, 0.05) is 24.3 Å². The molecule has 2 heterocycles. The number of anilines is 1. The minimum Gasteiger partial charge on any atom is -0.355 e. The zero-order chi connectivity index (χ0) is 18.0. The maximum absolute atomic E-state index is 12.3. The molecule has 1 amide bonds. The minimum absolute atomic E-state index is 0.409. The number of carbonyl (C=O) groups excluding carboxylic acids is 1. The van der Waals surface area contributed by atoms with E-state index in [2.05, 4.69) is 14.9 Å². The van der Waals surface area contributed by atoms with Crippen LogP contribution in [-0.2, 0) is 17.6 Å². The fraction of sp³-hybridized carbons (Fsp3) is 0.706. The summed E-state index contributed by atoms with van der Waals surface area (Å²) >= 11 is 0. The van der Waals surface area contributed by atoms with E-state index in [0.717, 1.165) is 55.7 Å². The molecule has 138 valence electrons. The van der Waals surface area contributed by atoms with Crippen LogP contribution in [0.1, 0.15) is 42.8 Å². The number of rotatable bonds is 3. The van der Waals surface area contributed by atoms with Gasteiger partial charge in [0.05, 0.1) is 5.92 Å². The number of nitrogens with zero attached hydrogens (tertiary/aromatic N) is 3. The zero-order valence-corrected chi connectivity index (χ0v) is 14.3. The largest absolute Gasteiger partial charge is 0.405 e. The van der Waals surface area contributed by atoms with Gasteiger partial charge in [-0.25, -0.2) is 9.97 Å². The van der Waals surface area contributed by atoms with E-state index in [1.807, 2.05) is 12.2 Å². The standard InChI is InChI=1S/C17H23F3N4O/c1-11-22-14-7-3-2-6-13(14)15(23-11)24-8-4-5-12(9-24)16(25)21-10-17(18,19)20/h12H,2-10H2,1H3,(H,21,25). The van der Waals surface area contributed by atoms with E-state index in [-0.39, 0.29) is 0 Å². The summed E-state index contributed by atoms with van der Waals surface area (Å²) in [5, 5.41) is 2.01. The van der Waals surface area contributed by atoms with Crippen LogP contribution in [0.25, 0.3) is 0 Å². The Morgan fingerprint density at radius 1 is 1.24 bits per heavy atom. The van der Waals surface area contributed by atoms with Crippen LogP contribution in [0.4, 0.5) is 19.0 Å². The molecule has 2 aliphatic rings. The summed E-state index contributed by atoms with van der Waals surface area (Å²) in [7, 11) is 0. The van der Waals surface area contributed by atoms with Crippen molar-refractivity contribution < 1.29 is 18.0 Å². The van der Waals surface area contributed by atoms with E-state index in [0.29, 0.717) is 18.8 Å². The molecule has 25 heavy (non-hydrogen) atoms. The molecule has 5 nitrogen and oxygen atoms in total. The van der Waals surface area contributed by atoms with Crippen molar-refractivity contribution in [3.05, 3.63) is 17.1 Å². The number of hydrogen-bond acceptors (Lipinski definition) is 4. The summed E-state index contributed by atoms with van der Waals surface area (Å²) in [6.07, 6.45) is 1.06. The first-order chi connectivity index (χ1) is 11.8. The predicted molar refractivity (Wildman–Crippen MR) is 87.4 cm³/mol. The predicted octanol–water partition coefficient (Wildman–Crippen LogP) is 2.56. The van der Waals surface area contributed by atoms with Gasteiger partial charge in [0.1, 0.15) is 18.2 Å². The number of piperidine rings is 1. The van der Waals surface area contributed by atoms with E-state index in [1.54, 1.807) is 0 Å². The molecule has 1 saturated heterocycles. The van der Waals surface area contributed by atoms with E-state index < -0.39 is 24.5 Å².